The van der Waals surface area contributed by atoms with Gasteiger partial charge < -0.3 is 5.32 Å². The van der Waals surface area contributed by atoms with Crippen molar-refractivity contribution in [1.29, 1.82) is 0 Å². The fourth-order valence-corrected chi connectivity index (χ4v) is 2.12. The van der Waals surface area contributed by atoms with Crippen LogP contribution in [0, 0.1) is 6.92 Å². The normalized spacial score (nSPS) is 10.4. The Labute approximate surface area is 116 Å². The third-order valence-corrected chi connectivity index (χ3v) is 3.00. The molecule has 0 bridgehead atoms. The number of carbonyl (C=O) groups is 1. The average molecular weight is 263 g/mol. The van der Waals surface area contributed by atoms with Gasteiger partial charge in [-0.1, -0.05) is 24.3 Å². The van der Waals surface area contributed by atoms with E-state index in [1.54, 1.807) is 18.3 Å². The summed E-state index contributed by atoms with van der Waals surface area (Å²) in [4.78, 5) is 20.9. The number of fused-ring (bicyclic) bond motifs is 1. The van der Waals surface area contributed by atoms with Crippen LogP contribution in [0.3, 0.4) is 0 Å². The summed E-state index contributed by atoms with van der Waals surface area (Å²) in [6.45, 7) is 1.88. The molecule has 3 aromatic rings. The number of hydrogen-bond donors (Lipinski definition) is 1. The quantitative estimate of drug-likeness (QED) is 0.772. The molecule has 20 heavy (non-hydrogen) atoms. The van der Waals surface area contributed by atoms with Crippen molar-refractivity contribution in [3.05, 3.63) is 66.0 Å². The number of anilines is 1. The first-order chi connectivity index (χ1) is 9.74. The maximum atomic E-state index is 12.4. The van der Waals surface area contributed by atoms with E-state index in [0.29, 0.717) is 11.4 Å². The van der Waals surface area contributed by atoms with Gasteiger partial charge in [-0.05, 0) is 31.2 Å². The fraction of sp³-hybridized carbons (Fsp3) is 0.0625. The molecular formula is C16H13N3O. The van der Waals surface area contributed by atoms with Gasteiger partial charge in [0.1, 0.15) is 5.82 Å². The van der Waals surface area contributed by atoms with Crippen LogP contribution in [0.2, 0.25) is 0 Å². The second-order valence-electron chi connectivity index (χ2n) is 4.50. The minimum absolute atomic E-state index is 0.176. The molecular weight excluding hydrogens is 250 g/mol. The van der Waals surface area contributed by atoms with E-state index in [0.717, 1.165) is 16.6 Å². The Bertz CT molecular complexity index is 769. The highest BCUT2D eigenvalue weighted by Gasteiger charge is 2.12. The number of amides is 1. The molecule has 98 valence electrons. The van der Waals surface area contributed by atoms with Gasteiger partial charge in [-0.25, -0.2) is 4.98 Å². The summed E-state index contributed by atoms with van der Waals surface area (Å²) >= 11 is 0. The summed E-state index contributed by atoms with van der Waals surface area (Å²) < 4.78 is 0. The Morgan fingerprint density at radius 2 is 1.90 bits per heavy atom. The highest BCUT2D eigenvalue weighted by molar-refractivity contribution is 6.12. The molecule has 0 fully saturated rings. The summed E-state index contributed by atoms with van der Waals surface area (Å²) in [5, 5.41) is 3.64. The van der Waals surface area contributed by atoms with E-state index in [1.165, 1.54) is 0 Å². The smallest absolute Gasteiger partial charge is 0.257 e. The first-order valence-corrected chi connectivity index (χ1v) is 6.33. The van der Waals surface area contributed by atoms with Crippen LogP contribution in [0.1, 0.15) is 16.1 Å². The first-order valence-electron chi connectivity index (χ1n) is 6.33. The van der Waals surface area contributed by atoms with E-state index >= 15 is 0 Å². The first kappa shape index (κ1) is 12.3. The van der Waals surface area contributed by atoms with Crippen LogP contribution in [0.25, 0.3) is 10.9 Å². The van der Waals surface area contributed by atoms with Crippen molar-refractivity contribution in [3.8, 4) is 0 Å². The van der Waals surface area contributed by atoms with Crippen LogP contribution in [0.15, 0.2) is 54.7 Å². The zero-order valence-corrected chi connectivity index (χ0v) is 11.0. The minimum Gasteiger partial charge on any atom is -0.307 e. The van der Waals surface area contributed by atoms with Crippen molar-refractivity contribution in [2.45, 2.75) is 6.92 Å². The molecule has 0 saturated heterocycles. The van der Waals surface area contributed by atoms with Crippen molar-refractivity contribution < 1.29 is 4.79 Å². The van der Waals surface area contributed by atoms with Crippen molar-refractivity contribution in [3.63, 3.8) is 0 Å². The number of rotatable bonds is 2. The number of hydrogen-bond acceptors (Lipinski definition) is 3. The number of aryl methyl sites for hydroxylation is 1. The molecule has 4 heteroatoms. The van der Waals surface area contributed by atoms with Crippen molar-refractivity contribution >= 4 is 22.6 Å². The summed E-state index contributed by atoms with van der Waals surface area (Å²) in [6.07, 6.45) is 1.64. The number of nitrogens with zero attached hydrogens (tertiary/aromatic N) is 2. The Kier molecular flexibility index (Phi) is 3.13. The van der Waals surface area contributed by atoms with Crippen LogP contribution >= 0.6 is 0 Å². The van der Waals surface area contributed by atoms with Gasteiger partial charge in [-0.3, -0.25) is 9.78 Å². The fourth-order valence-electron chi connectivity index (χ4n) is 2.12. The van der Waals surface area contributed by atoms with Crippen LogP contribution in [0.5, 0.6) is 0 Å². The molecule has 2 aromatic heterocycles. The minimum atomic E-state index is -0.176. The summed E-state index contributed by atoms with van der Waals surface area (Å²) in [6, 6.07) is 14.8. The van der Waals surface area contributed by atoms with Crippen molar-refractivity contribution in [2.24, 2.45) is 0 Å². The molecule has 0 aliphatic carbocycles. The molecule has 3 rings (SSSR count). The van der Waals surface area contributed by atoms with Gasteiger partial charge in [0.05, 0.1) is 11.1 Å². The predicted octanol–water partition coefficient (Wildman–Crippen LogP) is 3.19. The Balaban J connectivity index is 2.03. The van der Waals surface area contributed by atoms with Crippen molar-refractivity contribution in [2.75, 3.05) is 5.32 Å². The zero-order chi connectivity index (χ0) is 13.9. The Morgan fingerprint density at radius 3 is 2.70 bits per heavy atom. The highest BCUT2D eigenvalue weighted by Crippen LogP contribution is 2.19. The van der Waals surface area contributed by atoms with Gasteiger partial charge in [0.25, 0.3) is 5.91 Å². The number of nitrogens with one attached hydrogen (secondary N) is 1. The molecule has 2 heterocycles. The number of benzene rings is 1. The van der Waals surface area contributed by atoms with E-state index < -0.39 is 0 Å². The van der Waals surface area contributed by atoms with Gasteiger partial charge in [-0.15, -0.1) is 0 Å². The SMILES string of the molecule is Cc1cc(C(=O)Nc2ccccn2)c2ccccc2n1. The van der Waals surface area contributed by atoms with Crippen molar-refractivity contribution in [1.82, 2.24) is 9.97 Å². The lowest BCUT2D eigenvalue weighted by molar-refractivity contribution is 0.102. The second-order valence-corrected chi connectivity index (χ2v) is 4.50. The molecule has 1 amide bonds. The number of aromatic nitrogens is 2. The number of para-hydroxylation sites is 1. The third kappa shape index (κ3) is 2.36. The predicted molar refractivity (Wildman–Crippen MR) is 78.7 cm³/mol. The number of carbonyl (C=O) groups excluding carboxylic acids is 1. The molecule has 1 N–H and O–H groups in total. The van der Waals surface area contributed by atoms with Gasteiger partial charge in [0.15, 0.2) is 0 Å². The highest BCUT2D eigenvalue weighted by atomic mass is 16.1. The molecule has 0 saturated carbocycles. The van der Waals surface area contributed by atoms with Gasteiger partial charge in [0, 0.05) is 17.3 Å². The maximum absolute atomic E-state index is 12.4. The lowest BCUT2D eigenvalue weighted by atomic mass is 10.1. The topological polar surface area (TPSA) is 54.9 Å². The van der Waals surface area contributed by atoms with Gasteiger partial charge >= 0.3 is 0 Å². The van der Waals surface area contributed by atoms with Gasteiger partial charge in [-0.2, -0.15) is 0 Å². The molecule has 1 aromatic carbocycles. The molecule has 0 unspecified atom stereocenters. The Hall–Kier alpha value is -2.75. The third-order valence-electron chi connectivity index (χ3n) is 3.00. The largest absolute Gasteiger partial charge is 0.307 e. The van der Waals surface area contributed by atoms with E-state index in [2.05, 4.69) is 15.3 Å². The molecule has 0 aliphatic heterocycles. The standard InChI is InChI=1S/C16H13N3O/c1-11-10-13(12-6-2-3-7-14(12)18-11)16(20)19-15-8-4-5-9-17-15/h2-10H,1H3,(H,17,19,20). The Morgan fingerprint density at radius 1 is 1.10 bits per heavy atom. The molecule has 0 spiro atoms. The molecule has 0 atom stereocenters. The summed E-state index contributed by atoms with van der Waals surface area (Å²) in [5.41, 5.74) is 2.24. The number of pyridine rings is 2. The van der Waals surface area contributed by atoms with E-state index in [9.17, 15) is 4.79 Å². The van der Waals surface area contributed by atoms with Crippen LogP contribution < -0.4 is 5.32 Å². The van der Waals surface area contributed by atoms with Crippen LogP contribution in [-0.4, -0.2) is 15.9 Å². The maximum Gasteiger partial charge on any atom is 0.257 e. The van der Waals surface area contributed by atoms with Crippen LogP contribution in [-0.2, 0) is 0 Å². The molecule has 4 nitrogen and oxygen atoms in total. The summed E-state index contributed by atoms with van der Waals surface area (Å²) in [5.74, 6) is 0.362. The van der Waals surface area contributed by atoms with E-state index in [-0.39, 0.29) is 5.91 Å². The molecule has 0 aliphatic rings. The zero-order valence-electron chi connectivity index (χ0n) is 11.0. The lowest BCUT2D eigenvalue weighted by Gasteiger charge is -2.08. The van der Waals surface area contributed by atoms with Crippen LogP contribution in [0.4, 0.5) is 5.82 Å². The monoisotopic (exact) mass is 263 g/mol. The second kappa shape index (κ2) is 5.09. The van der Waals surface area contributed by atoms with Gasteiger partial charge in [0.2, 0.25) is 0 Å². The average Bonchev–Trinajstić information content (AvgIpc) is 2.47. The lowest BCUT2D eigenvalue weighted by Crippen LogP contribution is -2.14. The van der Waals surface area contributed by atoms with E-state index in [4.69, 9.17) is 0 Å². The molecule has 0 radical (unpaired) electrons. The van der Waals surface area contributed by atoms with E-state index in [1.807, 2.05) is 43.3 Å². The summed E-state index contributed by atoms with van der Waals surface area (Å²) in [7, 11) is 0.